The molecule has 0 atom stereocenters. The monoisotopic (exact) mass is 401 g/mol. The van der Waals surface area contributed by atoms with Crippen molar-refractivity contribution in [3.05, 3.63) is 64.2 Å². The van der Waals surface area contributed by atoms with Crippen LogP contribution in [-0.4, -0.2) is 23.0 Å². The van der Waals surface area contributed by atoms with Gasteiger partial charge in [0, 0.05) is 16.8 Å². The molecule has 0 aliphatic carbocycles. The number of azo groups is 1. The van der Waals surface area contributed by atoms with E-state index in [4.69, 9.17) is 0 Å². The zero-order chi connectivity index (χ0) is 20.5. The van der Waals surface area contributed by atoms with Gasteiger partial charge in [-0.15, -0.1) is 10.2 Å². The van der Waals surface area contributed by atoms with Crippen LogP contribution in [0.1, 0.15) is 12.5 Å². The number of rotatable bonds is 5. The van der Waals surface area contributed by atoms with Crippen LogP contribution in [0.4, 0.5) is 17.1 Å². The number of hydrogen-bond donors (Lipinski definition) is 2. The SMILES string of the molecule is CCc1ccc(N=Nc2c(O)ccc3c(S(=O)(=O)O)cccc23)c([N+](=O)[O-])c1. The molecule has 3 aromatic carbocycles. The van der Waals surface area contributed by atoms with Crippen LogP contribution in [0.25, 0.3) is 10.8 Å². The second-order valence-electron chi connectivity index (χ2n) is 5.89. The molecule has 0 fully saturated rings. The normalized spacial score (nSPS) is 11.9. The van der Waals surface area contributed by atoms with Gasteiger partial charge in [0.15, 0.2) is 5.69 Å². The molecule has 28 heavy (non-hydrogen) atoms. The summed E-state index contributed by atoms with van der Waals surface area (Å²) in [6.45, 7) is 1.86. The molecule has 0 aliphatic rings. The quantitative estimate of drug-likeness (QED) is 0.275. The van der Waals surface area contributed by atoms with E-state index >= 15 is 0 Å². The number of fused-ring (bicyclic) bond motifs is 1. The largest absolute Gasteiger partial charge is 0.506 e. The van der Waals surface area contributed by atoms with E-state index in [9.17, 15) is 28.2 Å². The maximum absolute atomic E-state index is 11.6. The Bertz CT molecular complexity index is 1220. The summed E-state index contributed by atoms with van der Waals surface area (Å²) < 4.78 is 32.5. The lowest BCUT2D eigenvalue weighted by molar-refractivity contribution is -0.384. The molecular weight excluding hydrogens is 386 g/mol. The van der Waals surface area contributed by atoms with Crippen LogP contribution in [0, 0.1) is 10.1 Å². The molecule has 0 saturated heterocycles. The minimum Gasteiger partial charge on any atom is -0.506 e. The molecule has 10 heteroatoms. The molecule has 0 saturated carbocycles. The second kappa shape index (κ2) is 7.33. The number of phenolic OH excluding ortho intramolecular Hbond substituents is 1. The third-order valence-corrected chi connectivity index (χ3v) is 5.06. The van der Waals surface area contributed by atoms with Crippen LogP contribution in [-0.2, 0) is 16.5 Å². The number of nitrogens with zero attached hydrogens (tertiary/aromatic N) is 3. The molecule has 0 aromatic heterocycles. The molecule has 2 N–H and O–H groups in total. The summed E-state index contributed by atoms with van der Waals surface area (Å²) in [6, 6.07) is 11.1. The van der Waals surface area contributed by atoms with Crippen molar-refractivity contribution in [2.24, 2.45) is 10.2 Å². The molecule has 144 valence electrons. The van der Waals surface area contributed by atoms with Crippen molar-refractivity contribution >= 4 is 38.0 Å². The highest BCUT2D eigenvalue weighted by Crippen LogP contribution is 2.39. The van der Waals surface area contributed by atoms with E-state index in [1.807, 2.05) is 6.92 Å². The fourth-order valence-electron chi connectivity index (χ4n) is 2.76. The van der Waals surface area contributed by atoms with Crippen molar-refractivity contribution in [3.8, 4) is 5.75 Å². The van der Waals surface area contributed by atoms with Gasteiger partial charge < -0.3 is 5.11 Å². The van der Waals surface area contributed by atoms with Crippen LogP contribution < -0.4 is 0 Å². The Morgan fingerprint density at radius 1 is 1.07 bits per heavy atom. The second-order valence-corrected chi connectivity index (χ2v) is 7.28. The number of benzene rings is 3. The van der Waals surface area contributed by atoms with Crippen molar-refractivity contribution in [3.63, 3.8) is 0 Å². The first-order chi connectivity index (χ1) is 13.2. The molecule has 0 spiro atoms. The summed E-state index contributed by atoms with van der Waals surface area (Å²) in [4.78, 5) is 10.4. The predicted octanol–water partition coefficient (Wildman–Crippen LogP) is 4.68. The Kier molecular flexibility index (Phi) is 5.08. The van der Waals surface area contributed by atoms with Crippen LogP contribution in [0.3, 0.4) is 0 Å². The van der Waals surface area contributed by atoms with E-state index in [2.05, 4.69) is 10.2 Å². The van der Waals surface area contributed by atoms with Crippen molar-refractivity contribution < 1.29 is 23.0 Å². The average molecular weight is 401 g/mol. The predicted molar refractivity (Wildman–Crippen MR) is 102 cm³/mol. The highest BCUT2D eigenvalue weighted by atomic mass is 32.2. The number of aromatic hydroxyl groups is 1. The Hall–Kier alpha value is -3.37. The van der Waals surface area contributed by atoms with Gasteiger partial charge in [0.2, 0.25) is 0 Å². The van der Waals surface area contributed by atoms with E-state index < -0.39 is 15.0 Å². The number of hydrogen-bond acceptors (Lipinski definition) is 7. The zero-order valence-corrected chi connectivity index (χ0v) is 15.4. The summed E-state index contributed by atoms with van der Waals surface area (Å²) >= 11 is 0. The molecule has 9 nitrogen and oxygen atoms in total. The standard InChI is InChI=1S/C18H15N3O6S/c1-2-11-6-8-14(15(10-11)21(23)24)19-20-18-13-4-3-5-17(28(25,26)27)12(13)7-9-16(18)22/h3-10,22H,2H2,1H3,(H,25,26,27). The van der Waals surface area contributed by atoms with Gasteiger partial charge in [0.05, 0.1) is 4.92 Å². The summed E-state index contributed by atoms with van der Waals surface area (Å²) in [5.74, 6) is -0.295. The Balaban J connectivity index is 2.18. The number of nitro groups is 1. The average Bonchev–Trinajstić information content (AvgIpc) is 2.65. The fraction of sp³-hybridized carbons (Fsp3) is 0.111. The van der Waals surface area contributed by atoms with Gasteiger partial charge in [0.25, 0.3) is 15.8 Å². The fourth-order valence-corrected chi connectivity index (χ4v) is 3.46. The summed E-state index contributed by atoms with van der Waals surface area (Å²) in [6.07, 6.45) is 0.612. The number of phenols is 1. The minimum atomic E-state index is -4.50. The molecule has 3 rings (SSSR count). The first kappa shape index (κ1) is 19.4. The Labute approximate surface area is 159 Å². The van der Waals surface area contributed by atoms with Crippen molar-refractivity contribution in [1.29, 1.82) is 0 Å². The van der Waals surface area contributed by atoms with Gasteiger partial charge in [-0.25, -0.2) is 0 Å². The third kappa shape index (κ3) is 3.68. The third-order valence-electron chi connectivity index (χ3n) is 4.15. The molecule has 0 aliphatic heterocycles. The van der Waals surface area contributed by atoms with E-state index in [1.54, 1.807) is 6.07 Å². The van der Waals surface area contributed by atoms with Gasteiger partial charge in [0.1, 0.15) is 16.3 Å². The van der Waals surface area contributed by atoms with Gasteiger partial charge in [-0.1, -0.05) is 25.1 Å². The molecule has 3 aromatic rings. The first-order valence-electron chi connectivity index (χ1n) is 8.13. The van der Waals surface area contributed by atoms with Crippen LogP contribution >= 0.6 is 0 Å². The number of nitro benzene ring substituents is 1. The first-order valence-corrected chi connectivity index (χ1v) is 9.57. The summed E-state index contributed by atoms with van der Waals surface area (Å²) in [7, 11) is -4.50. The highest BCUT2D eigenvalue weighted by molar-refractivity contribution is 7.86. The maximum atomic E-state index is 11.6. The van der Waals surface area contributed by atoms with Crippen LogP contribution in [0.2, 0.25) is 0 Å². The van der Waals surface area contributed by atoms with Gasteiger partial charge in [-0.3, -0.25) is 14.7 Å². The molecule has 0 amide bonds. The van der Waals surface area contributed by atoms with Crippen molar-refractivity contribution in [2.45, 2.75) is 18.2 Å². The molecule has 0 radical (unpaired) electrons. The lowest BCUT2D eigenvalue weighted by Gasteiger charge is -2.07. The molecular formula is C18H15N3O6S. The lowest BCUT2D eigenvalue weighted by Crippen LogP contribution is -1.98. The minimum absolute atomic E-state index is 0.00969. The van der Waals surface area contributed by atoms with Crippen LogP contribution in [0.5, 0.6) is 5.75 Å². The Morgan fingerprint density at radius 3 is 2.46 bits per heavy atom. The molecule has 0 bridgehead atoms. The molecule has 0 heterocycles. The van der Waals surface area contributed by atoms with Gasteiger partial charge in [-0.2, -0.15) is 8.42 Å². The van der Waals surface area contributed by atoms with E-state index in [1.165, 1.54) is 42.5 Å². The topological polar surface area (TPSA) is 142 Å². The molecule has 0 unspecified atom stereocenters. The highest BCUT2D eigenvalue weighted by Gasteiger charge is 2.18. The van der Waals surface area contributed by atoms with Crippen molar-refractivity contribution in [2.75, 3.05) is 0 Å². The lowest BCUT2D eigenvalue weighted by atomic mass is 10.1. The summed E-state index contributed by atoms with van der Waals surface area (Å²) in [5.41, 5.74) is 0.444. The van der Waals surface area contributed by atoms with E-state index in [0.717, 1.165) is 5.56 Å². The van der Waals surface area contributed by atoms with E-state index in [-0.39, 0.29) is 38.5 Å². The smallest absolute Gasteiger partial charge is 0.296 e. The zero-order valence-electron chi connectivity index (χ0n) is 14.6. The van der Waals surface area contributed by atoms with Crippen molar-refractivity contribution in [1.82, 2.24) is 0 Å². The number of aryl methyl sites for hydroxylation is 1. The maximum Gasteiger partial charge on any atom is 0.296 e. The van der Waals surface area contributed by atoms with Gasteiger partial charge in [-0.05, 0) is 36.2 Å². The summed E-state index contributed by atoms with van der Waals surface area (Å²) in [5, 5.41) is 29.6. The van der Waals surface area contributed by atoms with E-state index in [0.29, 0.717) is 6.42 Å². The van der Waals surface area contributed by atoms with Gasteiger partial charge >= 0.3 is 0 Å². The Morgan fingerprint density at radius 2 is 1.82 bits per heavy atom. The van der Waals surface area contributed by atoms with Crippen LogP contribution in [0.15, 0.2) is 63.7 Å².